The fraction of sp³-hybridized carbons (Fsp3) is 0.350. The van der Waals surface area contributed by atoms with E-state index in [1.807, 2.05) is 18.2 Å². The Morgan fingerprint density at radius 1 is 1.12 bits per heavy atom. The molecule has 0 atom stereocenters. The summed E-state index contributed by atoms with van der Waals surface area (Å²) in [6.07, 6.45) is 1.57. The number of carbonyl (C=O) groups excluding carboxylic acids is 2. The molecule has 2 aromatic rings. The van der Waals surface area contributed by atoms with Gasteiger partial charge in [-0.2, -0.15) is 0 Å². The van der Waals surface area contributed by atoms with Gasteiger partial charge in [-0.05, 0) is 36.1 Å². The van der Waals surface area contributed by atoms with Crippen molar-refractivity contribution >= 4 is 11.8 Å². The van der Waals surface area contributed by atoms with E-state index >= 15 is 0 Å². The van der Waals surface area contributed by atoms with Gasteiger partial charge in [-0.1, -0.05) is 30.3 Å². The van der Waals surface area contributed by atoms with Crippen molar-refractivity contribution in [1.29, 1.82) is 0 Å². The van der Waals surface area contributed by atoms with Crippen molar-refractivity contribution in [2.45, 2.75) is 19.4 Å². The molecule has 1 aromatic carbocycles. The fourth-order valence-electron chi connectivity index (χ4n) is 3.02. The van der Waals surface area contributed by atoms with E-state index in [-0.39, 0.29) is 17.5 Å². The normalized spacial score (nSPS) is 13.2. The third kappa shape index (κ3) is 4.26. The van der Waals surface area contributed by atoms with Crippen LogP contribution in [0.3, 0.4) is 0 Å². The first-order chi connectivity index (χ1) is 12.7. The van der Waals surface area contributed by atoms with Crippen LogP contribution in [0, 0.1) is 0 Å². The third-order valence-electron chi connectivity index (χ3n) is 4.43. The fourth-order valence-corrected chi connectivity index (χ4v) is 3.02. The van der Waals surface area contributed by atoms with Crippen LogP contribution in [0.2, 0.25) is 0 Å². The molecule has 26 heavy (non-hydrogen) atoms. The van der Waals surface area contributed by atoms with Gasteiger partial charge in [0.1, 0.15) is 11.4 Å². The molecule has 0 saturated heterocycles. The summed E-state index contributed by atoms with van der Waals surface area (Å²) in [5.41, 5.74) is 3.01. The van der Waals surface area contributed by atoms with Crippen molar-refractivity contribution in [3.8, 4) is 0 Å². The Balaban J connectivity index is 1.66. The number of aromatic nitrogens is 1. The molecule has 1 aromatic heterocycles. The van der Waals surface area contributed by atoms with Crippen LogP contribution in [0.4, 0.5) is 0 Å². The molecule has 3 rings (SSSR count). The molecule has 6 heteroatoms. The Bertz CT molecular complexity index is 791. The topological polar surface area (TPSA) is 71.5 Å². The van der Waals surface area contributed by atoms with Crippen molar-refractivity contribution < 1.29 is 14.3 Å². The zero-order valence-corrected chi connectivity index (χ0v) is 14.9. The minimum absolute atomic E-state index is 0.145. The van der Waals surface area contributed by atoms with Crippen LogP contribution in [0.25, 0.3) is 0 Å². The molecular formula is C20H23N3O3. The molecule has 2 heterocycles. The van der Waals surface area contributed by atoms with Crippen molar-refractivity contribution in [2.75, 3.05) is 26.8 Å². The Labute approximate surface area is 153 Å². The highest BCUT2D eigenvalue weighted by Crippen LogP contribution is 2.19. The number of benzene rings is 1. The van der Waals surface area contributed by atoms with Gasteiger partial charge in [-0.15, -0.1) is 0 Å². The number of hydrogen-bond donors (Lipinski definition) is 1. The molecule has 0 fully saturated rings. The molecule has 0 saturated carbocycles. The van der Waals surface area contributed by atoms with Gasteiger partial charge in [-0.25, -0.2) is 4.98 Å². The van der Waals surface area contributed by atoms with Crippen LogP contribution in [0.15, 0.2) is 42.5 Å². The van der Waals surface area contributed by atoms with E-state index in [4.69, 9.17) is 4.74 Å². The summed E-state index contributed by atoms with van der Waals surface area (Å²) in [7, 11) is 1.62. The number of ether oxygens (including phenoxy) is 1. The maximum Gasteiger partial charge on any atom is 0.272 e. The number of carbonyl (C=O) groups is 2. The summed E-state index contributed by atoms with van der Waals surface area (Å²) in [6.45, 7) is 2.33. The van der Waals surface area contributed by atoms with E-state index in [0.717, 1.165) is 12.8 Å². The molecule has 0 unspecified atom stereocenters. The van der Waals surface area contributed by atoms with E-state index in [1.54, 1.807) is 30.2 Å². The van der Waals surface area contributed by atoms with Gasteiger partial charge >= 0.3 is 0 Å². The Hall–Kier alpha value is -2.73. The minimum atomic E-state index is -0.278. The predicted octanol–water partition coefficient (Wildman–Crippen LogP) is 2.05. The van der Waals surface area contributed by atoms with Crippen molar-refractivity contribution in [1.82, 2.24) is 15.2 Å². The third-order valence-corrected chi connectivity index (χ3v) is 4.43. The first kappa shape index (κ1) is 18.1. The standard InChI is InChI=1S/C20H23N3O3/c1-26-13-5-11-21-19(24)17-8-4-9-18(22-17)20(25)23-12-10-15-6-2-3-7-16(15)14-23/h2-4,6-9H,5,10-14H2,1H3,(H,21,24). The molecule has 0 bridgehead atoms. The highest BCUT2D eigenvalue weighted by molar-refractivity contribution is 5.96. The van der Waals surface area contributed by atoms with Gasteiger partial charge in [0.25, 0.3) is 11.8 Å². The van der Waals surface area contributed by atoms with Gasteiger partial charge in [0, 0.05) is 33.4 Å². The van der Waals surface area contributed by atoms with Crippen LogP contribution < -0.4 is 5.32 Å². The van der Waals surface area contributed by atoms with E-state index in [9.17, 15) is 9.59 Å². The number of hydrogen-bond acceptors (Lipinski definition) is 4. The lowest BCUT2D eigenvalue weighted by atomic mass is 10.00. The van der Waals surface area contributed by atoms with E-state index in [1.165, 1.54) is 11.1 Å². The lowest BCUT2D eigenvalue weighted by Gasteiger charge is -2.28. The Morgan fingerprint density at radius 3 is 2.69 bits per heavy atom. The van der Waals surface area contributed by atoms with Crippen LogP contribution in [-0.2, 0) is 17.7 Å². The summed E-state index contributed by atoms with van der Waals surface area (Å²) in [6, 6.07) is 13.1. The zero-order valence-electron chi connectivity index (χ0n) is 14.9. The number of pyridine rings is 1. The predicted molar refractivity (Wildman–Crippen MR) is 97.9 cm³/mol. The Kier molecular flexibility index (Phi) is 5.96. The summed E-state index contributed by atoms with van der Waals surface area (Å²) in [5.74, 6) is -0.423. The largest absolute Gasteiger partial charge is 0.385 e. The minimum Gasteiger partial charge on any atom is -0.385 e. The highest BCUT2D eigenvalue weighted by atomic mass is 16.5. The van der Waals surface area contributed by atoms with Crippen molar-refractivity contribution in [2.24, 2.45) is 0 Å². The van der Waals surface area contributed by atoms with Crippen LogP contribution in [0.5, 0.6) is 0 Å². The quantitative estimate of drug-likeness (QED) is 0.807. The molecule has 136 valence electrons. The van der Waals surface area contributed by atoms with Crippen LogP contribution >= 0.6 is 0 Å². The van der Waals surface area contributed by atoms with E-state index in [0.29, 0.717) is 31.9 Å². The molecular weight excluding hydrogens is 330 g/mol. The zero-order chi connectivity index (χ0) is 18.4. The maximum absolute atomic E-state index is 12.8. The van der Waals surface area contributed by atoms with Crippen LogP contribution in [-0.4, -0.2) is 48.5 Å². The monoisotopic (exact) mass is 353 g/mol. The van der Waals surface area contributed by atoms with Crippen molar-refractivity contribution in [3.05, 3.63) is 65.0 Å². The number of fused-ring (bicyclic) bond motifs is 1. The van der Waals surface area contributed by atoms with Gasteiger partial charge in [0.05, 0.1) is 0 Å². The molecule has 0 aliphatic carbocycles. The first-order valence-corrected chi connectivity index (χ1v) is 8.79. The van der Waals surface area contributed by atoms with Gasteiger partial charge in [0.15, 0.2) is 0 Å². The smallest absolute Gasteiger partial charge is 0.272 e. The van der Waals surface area contributed by atoms with Crippen LogP contribution in [0.1, 0.15) is 38.5 Å². The summed E-state index contributed by atoms with van der Waals surface area (Å²) in [4.78, 5) is 31.0. The van der Waals surface area contributed by atoms with E-state index < -0.39 is 0 Å². The second-order valence-electron chi connectivity index (χ2n) is 6.26. The number of nitrogens with one attached hydrogen (secondary N) is 1. The van der Waals surface area contributed by atoms with Crippen molar-refractivity contribution in [3.63, 3.8) is 0 Å². The second-order valence-corrected chi connectivity index (χ2v) is 6.26. The molecule has 0 radical (unpaired) electrons. The molecule has 1 aliphatic rings. The molecule has 0 spiro atoms. The summed E-state index contributed by atoms with van der Waals surface area (Å²) in [5, 5.41) is 2.79. The SMILES string of the molecule is COCCCNC(=O)c1cccc(C(=O)N2CCc3ccccc3C2)n1. The average Bonchev–Trinajstić information content (AvgIpc) is 2.70. The number of amides is 2. The lowest BCUT2D eigenvalue weighted by Crippen LogP contribution is -2.36. The Morgan fingerprint density at radius 2 is 1.88 bits per heavy atom. The van der Waals surface area contributed by atoms with Gasteiger partial charge in [0.2, 0.25) is 0 Å². The first-order valence-electron chi connectivity index (χ1n) is 8.79. The molecule has 2 amide bonds. The maximum atomic E-state index is 12.8. The summed E-state index contributed by atoms with van der Waals surface area (Å²) < 4.78 is 4.96. The summed E-state index contributed by atoms with van der Waals surface area (Å²) >= 11 is 0. The molecule has 1 N–H and O–H groups in total. The molecule has 6 nitrogen and oxygen atoms in total. The highest BCUT2D eigenvalue weighted by Gasteiger charge is 2.23. The number of methoxy groups -OCH3 is 1. The second kappa shape index (κ2) is 8.58. The van der Waals surface area contributed by atoms with E-state index in [2.05, 4.69) is 16.4 Å². The molecule has 1 aliphatic heterocycles. The average molecular weight is 353 g/mol. The number of rotatable bonds is 6. The van der Waals surface area contributed by atoms with Gasteiger partial charge < -0.3 is 15.0 Å². The van der Waals surface area contributed by atoms with Gasteiger partial charge in [-0.3, -0.25) is 9.59 Å². The lowest BCUT2D eigenvalue weighted by molar-refractivity contribution is 0.0728. The number of nitrogens with zero attached hydrogens (tertiary/aromatic N) is 2.